The number of amides is 1. The van der Waals surface area contributed by atoms with E-state index >= 15 is 0 Å². The Morgan fingerprint density at radius 3 is 2.85 bits per heavy atom. The number of rotatable bonds is 9. The molecule has 1 aromatic carbocycles. The van der Waals surface area contributed by atoms with E-state index in [1.807, 2.05) is 6.92 Å². The van der Waals surface area contributed by atoms with E-state index < -0.39 is 0 Å². The average Bonchev–Trinajstić information content (AvgIpc) is 2.45. The van der Waals surface area contributed by atoms with E-state index in [1.165, 1.54) is 5.56 Å². The summed E-state index contributed by atoms with van der Waals surface area (Å²) in [6.07, 6.45) is 2.15. The van der Waals surface area contributed by atoms with Crippen LogP contribution in [0.2, 0.25) is 0 Å². The number of thioether (sulfide) groups is 1. The summed E-state index contributed by atoms with van der Waals surface area (Å²) in [6.45, 7) is 8.81. The normalized spacial score (nSPS) is 12.2. The van der Waals surface area contributed by atoms with Gasteiger partial charge in [0, 0.05) is 18.0 Å². The van der Waals surface area contributed by atoms with Crippen LogP contribution in [0, 0.1) is 0 Å². The SMILES string of the molecule is CCCCNC(=O)C(C)Sc1cccc(CNCC)c1. The van der Waals surface area contributed by atoms with Crippen molar-refractivity contribution in [3.05, 3.63) is 29.8 Å². The topological polar surface area (TPSA) is 41.1 Å². The van der Waals surface area contributed by atoms with E-state index in [0.29, 0.717) is 0 Å². The smallest absolute Gasteiger partial charge is 0.233 e. The van der Waals surface area contributed by atoms with Gasteiger partial charge in [-0.3, -0.25) is 4.79 Å². The Kier molecular flexibility index (Phi) is 8.38. The number of benzene rings is 1. The zero-order chi connectivity index (χ0) is 14.8. The zero-order valence-electron chi connectivity index (χ0n) is 12.7. The Hall–Kier alpha value is -1.00. The van der Waals surface area contributed by atoms with Crippen LogP contribution in [0.1, 0.15) is 39.2 Å². The standard InChI is InChI=1S/C16H26N2OS/c1-4-6-10-18-16(19)13(3)20-15-9-7-8-14(11-15)12-17-5-2/h7-9,11,13,17H,4-6,10,12H2,1-3H3,(H,18,19). The molecule has 0 bridgehead atoms. The van der Waals surface area contributed by atoms with Crippen LogP contribution in [0.15, 0.2) is 29.2 Å². The van der Waals surface area contributed by atoms with Crippen molar-refractivity contribution in [2.45, 2.75) is 50.3 Å². The lowest BCUT2D eigenvalue weighted by Gasteiger charge is -2.12. The average molecular weight is 294 g/mol. The molecule has 1 unspecified atom stereocenters. The van der Waals surface area contributed by atoms with Crippen molar-refractivity contribution in [3.63, 3.8) is 0 Å². The third-order valence-electron chi connectivity index (χ3n) is 2.99. The van der Waals surface area contributed by atoms with E-state index in [4.69, 9.17) is 0 Å². The molecule has 0 saturated heterocycles. The second-order valence-corrected chi connectivity index (χ2v) is 6.25. The predicted octanol–water partition coefficient (Wildman–Crippen LogP) is 3.19. The molecule has 0 aliphatic heterocycles. The number of hydrogen-bond acceptors (Lipinski definition) is 3. The molecule has 20 heavy (non-hydrogen) atoms. The summed E-state index contributed by atoms with van der Waals surface area (Å²) < 4.78 is 0. The maximum Gasteiger partial charge on any atom is 0.233 e. The molecule has 112 valence electrons. The molecule has 0 spiro atoms. The van der Waals surface area contributed by atoms with Gasteiger partial charge in [-0.15, -0.1) is 11.8 Å². The Bertz CT molecular complexity index is 409. The second-order valence-electron chi connectivity index (χ2n) is 4.83. The van der Waals surface area contributed by atoms with Crippen molar-refractivity contribution >= 4 is 17.7 Å². The monoisotopic (exact) mass is 294 g/mol. The van der Waals surface area contributed by atoms with Crippen molar-refractivity contribution < 1.29 is 4.79 Å². The largest absolute Gasteiger partial charge is 0.355 e. The number of nitrogens with one attached hydrogen (secondary N) is 2. The first-order valence-electron chi connectivity index (χ1n) is 7.41. The van der Waals surface area contributed by atoms with Gasteiger partial charge in [0.2, 0.25) is 5.91 Å². The lowest BCUT2D eigenvalue weighted by Crippen LogP contribution is -2.31. The maximum absolute atomic E-state index is 11.9. The van der Waals surface area contributed by atoms with Crippen LogP contribution in [0.3, 0.4) is 0 Å². The zero-order valence-corrected chi connectivity index (χ0v) is 13.6. The first-order valence-corrected chi connectivity index (χ1v) is 8.29. The molecular weight excluding hydrogens is 268 g/mol. The Balaban J connectivity index is 2.48. The highest BCUT2D eigenvalue weighted by atomic mass is 32.2. The molecule has 1 amide bonds. The van der Waals surface area contributed by atoms with Gasteiger partial charge in [0.15, 0.2) is 0 Å². The van der Waals surface area contributed by atoms with Gasteiger partial charge in [0.1, 0.15) is 0 Å². The van der Waals surface area contributed by atoms with E-state index in [2.05, 4.69) is 48.7 Å². The molecule has 0 radical (unpaired) electrons. The molecule has 0 aliphatic rings. The molecule has 1 aromatic rings. The van der Waals surface area contributed by atoms with E-state index in [-0.39, 0.29) is 11.2 Å². The van der Waals surface area contributed by atoms with Crippen molar-refractivity contribution in [3.8, 4) is 0 Å². The quantitative estimate of drug-likeness (QED) is 0.543. The molecule has 0 fully saturated rings. The number of unbranched alkanes of at least 4 members (excludes halogenated alkanes) is 1. The van der Waals surface area contributed by atoms with Crippen molar-refractivity contribution in [2.24, 2.45) is 0 Å². The molecule has 0 aliphatic carbocycles. The van der Waals surface area contributed by atoms with Gasteiger partial charge >= 0.3 is 0 Å². The molecule has 0 saturated carbocycles. The molecular formula is C16H26N2OS. The summed E-state index contributed by atoms with van der Waals surface area (Å²) in [5.41, 5.74) is 1.26. The minimum absolute atomic E-state index is 0.0544. The maximum atomic E-state index is 11.9. The highest BCUT2D eigenvalue weighted by Gasteiger charge is 2.13. The number of carbonyl (C=O) groups excluding carboxylic acids is 1. The van der Waals surface area contributed by atoms with Crippen LogP contribution in [-0.4, -0.2) is 24.2 Å². The number of carbonyl (C=O) groups is 1. The first-order chi connectivity index (χ1) is 9.67. The summed E-state index contributed by atoms with van der Waals surface area (Å²) in [5, 5.41) is 6.24. The molecule has 0 aromatic heterocycles. The Morgan fingerprint density at radius 1 is 1.35 bits per heavy atom. The molecule has 4 heteroatoms. The van der Waals surface area contributed by atoms with Crippen molar-refractivity contribution in [1.82, 2.24) is 10.6 Å². The minimum Gasteiger partial charge on any atom is -0.355 e. The fourth-order valence-electron chi connectivity index (χ4n) is 1.79. The van der Waals surface area contributed by atoms with Crippen LogP contribution in [0.25, 0.3) is 0 Å². The predicted molar refractivity (Wildman–Crippen MR) is 87.1 cm³/mol. The Labute approximate surface area is 126 Å². The summed E-state index contributed by atoms with van der Waals surface area (Å²) in [5.74, 6) is 0.125. The lowest BCUT2D eigenvalue weighted by molar-refractivity contribution is -0.120. The van der Waals surface area contributed by atoms with E-state index in [0.717, 1.165) is 37.4 Å². The van der Waals surface area contributed by atoms with Gasteiger partial charge in [0.25, 0.3) is 0 Å². The molecule has 1 rings (SSSR count). The summed E-state index contributed by atoms with van der Waals surface area (Å²) in [4.78, 5) is 13.1. The van der Waals surface area contributed by atoms with Gasteiger partial charge in [-0.1, -0.05) is 32.4 Å². The van der Waals surface area contributed by atoms with Crippen LogP contribution >= 0.6 is 11.8 Å². The molecule has 1 atom stereocenters. The van der Waals surface area contributed by atoms with E-state index in [9.17, 15) is 4.79 Å². The lowest BCUT2D eigenvalue weighted by atomic mass is 10.2. The molecule has 3 nitrogen and oxygen atoms in total. The molecule has 2 N–H and O–H groups in total. The van der Waals surface area contributed by atoms with Crippen LogP contribution < -0.4 is 10.6 Å². The summed E-state index contributed by atoms with van der Waals surface area (Å²) >= 11 is 1.62. The third kappa shape index (κ3) is 6.44. The third-order valence-corrected chi connectivity index (χ3v) is 4.08. The van der Waals surface area contributed by atoms with Crippen LogP contribution in [-0.2, 0) is 11.3 Å². The van der Waals surface area contributed by atoms with Gasteiger partial charge in [0.05, 0.1) is 5.25 Å². The van der Waals surface area contributed by atoms with Crippen LogP contribution in [0.4, 0.5) is 0 Å². The highest BCUT2D eigenvalue weighted by molar-refractivity contribution is 8.00. The number of hydrogen-bond donors (Lipinski definition) is 2. The fraction of sp³-hybridized carbons (Fsp3) is 0.562. The van der Waals surface area contributed by atoms with Crippen LogP contribution in [0.5, 0.6) is 0 Å². The highest BCUT2D eigenvalue weighted by Crippen LogP contribution is 2.24. The van der Waals surface area contributed by atoms with Crippen molar-refractivity contribution in [2.75, 3.05) is 13.1 Å². The Morgan fingerprint density at radius 2 is 2.15 bits per heavy atom. The van der Waals surface area contributed by atoms with Crippen molar-refractivity contribution in [1.29, 1.82) is 0 Å². The van der Waals surface area contributed by atoms with Gasteiger partial charge in [-0.25, -0.2) is 0 Å². The van der Waals surface area contributed by atoms with Gasteiger partial charge in [-0.05, 0) is 37.6 Å². The summed E-state index contributed by atoms with van der Waals surface area (Å²) in [6, 6.07) is 8.38. The first kappa shape index (κ1) is 17.1. The molecule has 0 heterocycles. The second kappa shape index (κ2) is 9.83. The van der Waals surface area contributed by atoms with Gasteiger partial charge in [-0.2, -0.15) is 0 Å². The van der Waals surface area contributed by atoms with E-state index in [1.54, 1.807) is 11.8 Å². The minimum atomic E-state index is -0.0544. The fourth-order valence-corrected chi connectivity index (χ4v) is 2.76. The van der Waals surface area contributed by atoms with Gasteiger partial charge < -0.3 is 10.6 Å². The summed E-state index contributed by atoms with van der Waals surface area (Å²) in [7, 11) is 0.